The number of esters is 1. The molecular formula is C16H19NO4. The van der Waals surface area contributed by atoms with Crippen molar-refractivity contribution in [3.8, 4) is 0 Å². The van der Waals surface area contributed by atoms with Crippen LogP contribution in [0.3, 0.4) is 0 Å². The van der Waals surface area contributed by atoms with E-state index in [0.29, 0.717) is 12.1 Å². The number of benzene rings is 1. The third-order valence-corrected chi connectivity index (χ3v) is 2.73. The molecule has 1 aromatic carbocycles. The maximum Gasteiger partial charge on any atom is 0.351 e. The molecule has 0 radical (unpaired) electrons. The van der Waals surface area contributed by atoms with Crippen molar-refractivity contribution in [2.24, 2.45) is 0 Å². The standard InChI is InChI=1S/C16H19NO4/c1-5-15(18)20-12(4)14-9-7-6-8-13(14)10-17-21-16(19)11(2)3/h5-9,12,17H,1-2,10H2,3-4H3. The molecule has 0 aliphatic rings. The third-order valence-electron chi connectivity index (χ3n) is 2.73. The summed E-state index contributed by atoms with van der Waals surface area (Å²) in [4.78, 5) is 27.4. The van der Waals surface area contributed by atoms with Crippen molar-refractivity contribution in [1.82, 2.24) is 5.48 Å². The predicted octanol–water partition coefficient (Wildman–Crippen LogP) is 2.60. The number of nitrogens with one attached hydrogen (secondary N) is 1. The Morgan fingerprint density at radius 1 is 1.38 bits per heavy atom. The van der Waals surface area contributed by atoms with E-state index >= 15 is 0 Å². The minimum atomic E-state index is -0.515. The van der Waals surface area contributed by atoms with Crippen molar-refractivity contribution in [2.75, 3.05) is 0 Å². The van der Waals surface area contributed by atoms with Crippen molar-refractivity contribution in [3.05, 3.63) is 60.2 Å². The van der Waals surface area contributed by atoms with E-state index in [4.69, 9.17) is 9.57 Å². The summed E-state index contributed by atoms with van der Waals surface area (Å²) >= 11 is 0. The fourth-order valence-corrected chi connectivity index (χ4v) is 1.64. The molecule has 0 saturated carbocycles. The summed E-state index contributed by atoms with van der Waals surface area (Å²) in [6, 6.07) is 7.40. The molecule has 0 spiro atoms. The Hall–Kier alpha value is -2.40. The second-order valence-electron chi connectivity index (χ2n) is 4.47. The van der Waals surface area contributed by atoms with Gasteiger partial charge in [0.05, 0.1) is 6.54 Å². The number of rotatable bonds is 7. The molecular weight excluding hydrogens is 270 g/mol. The molecule has 5 heteroatoms. The SMILES string of the molecule is C=CC(=O)OC(C)c1ccccc1CNOC(=O)C(=C)C. The molecule has 1 rings (SSSR count). The topological polar surface area (TPSA) is 64.6 Å². The lowest BCUT2D eigenvalue weighted by Crippen LogP contribution is -2.21. The van der Waals surface area contributed by atoms with Gasteiger partial charge in [0, 0.05) is 11.6 Å². The van der Waals surface area contributed by atoms with Gasteiger partial charge in [-0.2, -0.15) is 0 Å². The quantitative estimate of drug-likeness (QED) is 0.475. The third kappa shape index (κ3) is 5.24. The molecule has 1 aromatic rings. The van der Waals surface area contributed by atoms with Gasteiger partial charge in [0.1, 0.15) is 6.10 Å². The van der Waals surface area contributed by atoms with Gasteiger partial charge in [-0.05, 0) is 25.0 Å². The highest BCUT2D eigenvalue weighted by Crippen LogP contribution is 2.21. The monoisotopic (exact) mass is 289 g/mol. The van der Waals surface area contributed by atoms with Gasteiger partial charge in [-0.15, -0.1) is 5.48 Å². The minimum Gasteiger partial charge on any atom is -0.455 e. The van der Waals surface area contributed by atoms with E-state index in [1.807, 2.05) is 24.3 Å². The highest BCUT2D eigenvalue weighted by Gasteiger charge is 2.13. The molecule has 5 nitrogen and oxygen atoms in total. The number of carbonyl (C=O) groups excluding carboxylic acids is 2. The van der Waals surface area contributed by atoms with Gasteiger partial charge in [-0.25, -0.2) is 9.59 Å². The largest absolute Gasteiger partial charge is 0.455 e. The van der Waals surface area contributed by atoms with E-state index in [1.165, 1.54) is 0 Å². The average Bonchev–Trinajstić information content (AvgIpc) is 2.47. The minimum absolute atomic E-state index is 0.297. The van der Waals surface area contributed by atoms with Crippen molar-refractivity contribution in [1.29, 1.82) is 0 Å². The van der Waals surface area contributed by atoms with E-state index in [-0.39, 0.29) is 0 Å². The summed E-state index contributed by atoms with van der Waals surface area (Å²) in [6.07, 6.45) is 0.691. The Morgan fingerprint density at radius 2 is 2.05 bits per heavy atom. The first-order valence-corrected chi connectivity index (χ1v) is 6.46. The Labute approximate surface area is 124 Å². The van der Waals surface area contributed by atoms with Gasteiger partial charge < -0.3 is 9.57 Å². The van der Waals surface area contributed by atoms with Crippen LogP contribution in [0.2, 0.25) is 0 Å². The van der Waals surface area contributed by atoms with Gasteiger partial charge in [0.15, 0.2) is 0 Å². The highest BCUT2D eigenvalue weighted by atomic mass is 16.7. The predicted molar refractivity (Wildman–Crippen MR) is 78.9 cm³/mol. The molecule has 0 amide bonds. The smallest absolute Gasteiger partial charge is 0.351 e. The second kappa shape index (κ2) is 8.01. The average molecular weight is 289 g/mol. The lowest BCUT2D eigenvalue weighted by atomic mass is 10.0. The van der Waals surface area contributed by atoms with E-state index in [1.54, 1.807) is 13.8 Å². The zero-order chi connectivity index (χ0) is 15.8. The normalized spacial score (nSPS) is 11.3. The Kier molecular flexibility index (Phi) is 6.36. The summed E-state index contributed by atoms with van der Waals surface area (Å²) in [6.45, 7) is 10.5. The molecule has 1 N–H and O–H groups in total. The number of hydroxylamine groups is 1. The van der Waals surface area contributed by atoms with E-state index < -0.39 is 18.0 Å². The van der Waals surface area contributed by atoms with Crippen LogP contribution in [-0.4, -0.2) is 11.9 Å². The first-order chi connectivity index (χ1) is 9.95. The molecule has 0 aliphatic heterocycles. The maximum absolute atomic E-state index is 11.3. The van der Waals surface area contributed by atoms with Gasteiger partial charge in [-0.3, -0.25) is 0 Å². The summed E-state index contributed by atoms with van der Waals surface area (Å²) in [5.74, 6) is -1.00. The van der Waals surface area contributed by atoms with Crippen LogP contribution in [0.5, 0.6) is 0 Å². The highest BCUT2D eigenvalue weighted by molar-refractivity contribution is 5.86. The molecule has 0 aromatic heterocycles. The van der Waals surface area contributed by atoms with Crippen molar-refractivity contribution < 1.29 is 19.2 Å². The lowest BCUT2D eigenvalue weighted by molar-refractivity contribution is -0.146. The first-order valence-electron chi connectivity index (χ1n) is 6.46. The van der Waals surface area contributed by atoms with Crippen LogP contribution in [0, 0.1) is 0 Å². The fraction of sp³-hybridized carbons (Fsp3) is 0.250. The summed E-state index contributed by atoms with van der Waals surface area (Å²) < 4.78 is 5.19. The van der Waals surface area contributed by atoms with Crippen LogP contribution in [0.25, 0.3) is 0 Å². The van der Waals surface area contributed by atoms with Gasteiger partial charge in [0.25, 0.3) is 0 Å². The van der Waals surface area contributed by atoms with Crippen molar-refractivity contribution in [2.45, 2.75) is 26.5 Å². The molecule has 0 saturated heterocycles. The molecule has 1 atom stereocenters. The lowest BCUT2D eigenvalue weighted by Gasteiger charge is -2.16. The molecule has 0 fully saturated rings. The van der Waals surface area contributed by atoms with Crippen molar-refractivity contribution in [3.63, 3.8) is 0 Å². The van der Waals surface area contributed by atoms with Gasteiger partial charge >= 0.3 is 11.9 Å². The maximum atomic E-state index is 11.3. The number of hydrogen-bond acceptors (Lipinski definition) is 5. The summed E-state index contributed by atoms with van der Waals surface area (Å²) in [7, 11) is 0. The first kappa shape index (κ1) is 16.7. The van der Waals surface area contributed by atoms with Crippen LogP contribution in [0.1, 0.15) is 31.1 Å². The molecule has 0 bridgehead atoms. The molecule has 0 aliphatic carbocycles. The van der Waals surface area contributed by atoms with Crippen LogP contribution in [0.15, 0.2) is 49.1 Å². The molecule has 21 heavy (non-hydrogen) atoms. The Morgan fingerprint density at radius 3 is 2.67 bits per heavy atom. The van der Waals surface area contributed by atoms with Crippen LogP contribution < -0.4 is 5.48 Å². The van der Waals surface area contributed by atoms with Crippen LogP contribution in [-0.2, 0) is 25.7 Å². The van der Waals surface area contributed by atoms with Crippen molar-refractivity contribution >= 4 is 11.9 Å². The van der Waals surface area contributed by atoms with E-state index in [0.717, 1.165) is 17.2 Å². The van der Waals surface area contributed by atoms with E-state index in [2.05, 4.69) is 18.6 Å². The van der Waals surface area contributed by atoms with Gasteiger partial charge in [-0.1, -0.05) is 37.4 Å². The second-order valence-corrected chi connectivity index (χ2v) is 4.47. The Balaban J connectivity index is 2.70. The number of carbonyl (C=O) groups is 2. The molecule has 112 valence electrons. The van der Waals surface area contributed by atoms with Gasteiger partial charge in [0.2, 0.25) is 0 Å². The molecule has 0 heterocycles. The Bertz CT molecular complexity index is 551. The summed E-state index contributed by atoms with van der Waals surface area (Å²) in [5, 5.41) is 0. The number of ether oxygens (including phenoxy) is 1. The zero-order valence-corrected chi connectivity index (χ0v) is 12.2. The fourth-order valence-electron chi connectivity index (χ4n) is 1.64. The van der Waals surface area contributed by atoms with Crippen LogP contribution in [0.4, 0.5) is 0 Å². The summed E-state index contributed by atoms with van der Waals surface area (Å²) in [5.41, 5.74) is 4.57. The van der Waals surface area contributed by atoms with E-state index in [9.17, 15) is 9.59 Å². The molecule has 1 unspecified atom stereocenters. The number of hydrogen-bond donors (Lipinski definition) is 1. The zero-order valence-electron chi connectivity index (χ0n) is 12.2. The van der Waals surface area contributed by atoms with Crippen LogP contribution >= 0.6 is 0 Å².